The molecule has 2 aromatic carbocycles. The van der Waals surface area contributed by atoms with Crippen LogP contribution in [0.5, 0.6) is 5.75 Å². The second-order valence-corrected chi connectivity index (χ2v) is 15.0. The number of hydrogen-bond donors (Lipinski definition) is 2. The van der Waals surface area contributed by atoms with E-state index in [1.54, 1.807) is 48.5 Å². The molecule has 16 heteroatoms. The molecule has 4 rings (SSSR count). The Morgan fingerprint density at radius 1 is 1.06 bits per heavy atom. The third-order valence-electron chi connectivity index (χ3n) is 8.48. The maximum Gasteiger partial charge on any atom is 0.452 e. The summed E-state index contributed by atoms with van der Waals surface area (Å²) in [5, 5.41) is 1.15. The van der Waals surface area contributed by atoms with Crippen LogP contribution in [0.1, 0.15) is 53.4 Å². The van der Waals surface area contributed by atoms with Crippen LogP contribution in [0.15, 0.2) is 66.9 Å². The van der Waals surface area contributed by atoms with E-state index < -0.39 is 87.4 Å². The highest BCUT2D eigenvalue weighted by molar-refractivity contribution is 7.91. The zero-order valence-corrected chi connectivity index (χ0v) is 28.9. The number of sulfone groups is 1. The molecule has 11 nitrogen and oxygen atoms in total. The number of halogens is 4. The molecule has 0 aliphatic carbocycles. The number of ketones is 1. The normalized spacial score (nSPS) is 17.6. The zero-order valence-electron chi connectivity index (χ0n) is 27.3. The molecule has 1 aromatic heterocycles. The van der Waals surface area contributed by atoms with Gasteiger partial charge in [0.1, 0.15) is 17.5 Å². The Balaban J connectivity index is 1.78. The topological polar surface area (TPSA) is 166 Å². The number of pyridine rings is 1. The molecule has 1 aliphatic rings. The first-order valence-corrected chi connectivity index (χ1v) is 17.6. The Morgan fingerprint density at radius 3 is 2.32 bits per heavy atom. The van der Waals surface area contributed by atoms with Gasteiger partial charge in [-0.05, 0) is 65.8 Å². The van der Waals surface area contributed by atoms with E-state index in [1.165, 1.54) is 39.3 Å². The number of carbonyl (C=O) groups is 4. The third-order valence-corrected chi connectivity index (χ3v) is 10.8. The summed E-state index contributed by atoms with van der Waals surface area (Å²) in [6, 6.07) is 12.0. The molecule has 0 saturated carbocycles. The van der Waals surface area contributed by atoms with Crippen molar-refractivity contribution >= 4 is 44.9 Å². The number of rotatable bonds is 13. The molecule has 0 radical (unpaired) electrons. The van der Waals surface area contributed by atoms with Gasteiger partial charge >= 0.3 is 6.18 Å². The lowest BCUT2D eigenvalue weighted by molar-refractivity contribution is -0.175. The molecule has 3 amide bonds. The summed E-state index contributed by atoms with van der Waals surface area (Å²) >= 11 is 6.20. The molecular weight excluding hydrogens is 701 g/mol. The number of benzene rings is 2. The number of ether oxygens (including phenoxy) is 1. The zero-order chi connectivity index (χ0) is 37.0. The highest BCUT2D eigenvalue weighted by atomic mass is 35.5. The Labute approximate surface area is 292 Å². The largest absolute Gasteiger partial charge is 0.497 e. The van der Waals surface area contributed by atoms with Crippen molar-refractivity contribution in [1.82, 2.24) is 15.2 Å². The molecule has 3 N–H and O–H groups in total. The smallest absolute Gasteiger partial charge is 0.452 e. The molecule has 1 aliphatic heterocycles. The number of hydrogen-bond acceptors (Lipinski definition) is 8. The van der Waals surface area contributed by atoms with Crippen molar-refractivity contribution in [3.05, 3.63) is 94.3 Å². The van der Waals surface area contributed by atoms with Crippen LogP contribution in [0.3, 0.4) is 0 Å². The Morgan fingerprint density at radius 2 is 1.74 bits per heavy atom. The summed E-state index contributed by atoms with van der Waals surface area (Å²) in [7, 11) is -2.64. The number of alkyl halides is 3. The monoisotopic (exact) mass is 736 g/mol. The van der Waals surface area contributed by atoms with Crippen molar-refractivity contribution < 1.29 is 45.5 Å². The van der Waals surface area contributed by atoms with Gasteiger partial charge in [-0.1, -0.05) is 55.8 Å². The lowest BCUT2D eigenvalue weighted by Gasteiger charge is -2.31. The summed E-state index contributed by atoms with van der Waals surface area (Å²) < 4.78 is 73.2. The van der Waals surface area contributed by atoms with Gasteiger partial charge in [0.05, 0.1) is 30.1 Å². The molecule has 1 fully saturated rings. The van der Waals surface area contributed by atoms with Gasteiger partial charge in [-0.3, -0.25) is 24.2 Å². The summed E-state index contributed by atoms with van der Waals surface area (Å²) in [5.41, 5.74) is 6.37. The number of nitrogens with two attached hydrogens (primary N) is 1. The first kappa shape index (κ1) is 38.3. The maximum atomic E-state index is 14.6. The fraction of sp³-hybridized carbons (Fsp3) is 0.382. The summed E-state index contributed by atoms with van der Waals surface area (Å²) in [4.78, 5) is 58.1. The fourth-order valence-electron chi connectivity index (χ4n) is 5.92. The van der Waals surface area contributed by atoms with Crippen LogP contribution in [0.25, 0.3) is 0 Å². The molecule has 268 valence electrons. The number of nitrogens with one attached hydrogen (secondary N) is 1. The lowest BCUT2D eigenvalue weighted by atomic mass is 9.89. The highest BCUT2D eigenvalue weighted by Gasteiger charge is 2.49. The first-order valence-electron chi connectivity index (χ1n) is 15.5. The quantitative estimate of drug-likeness (QED) is 0.266. The van der Waals surface area contributed by atoms with E-state index >= 15 is 0 Å². The van der Waals surface area contributed by atoms with E-state index in [0.29, 0.717) is 21.9 Å². The van der Waals surface area contributed by atoms with E-state index in [1.807, 2.05) is 0 Å². The number of likely N-dealkylation sites (tertiary alicyclic amines) is 1. The van der Waals surface area contributed by atoms with Crippen LogP contribution in [-0.2, 0) is 36.4 Å². The average molecular weight is 737 g/mol. The molecule has 0 bridgehead atoms. The Kier molecular flexibility index (Phi) is 11.9. The molecule has 0 spiro atoms. The minimum Gasteiger partial charge on any atom is -0.497 e. The summed E-state index contributed by atoms with van der Waals surface area (Å²) in [6.45, 7) is 2.11. The van der Waals surface area contributed by atoms with Crippen molar-refractivity contribution in [3.8, 4) is 5.75 Å². The van der Waals surface area contributed by atoms with Gasteiger partial charge in [0.2, 0.25) is 11.8 Å². The van der Waals surface area contributed by atoms with Gasteiger partial charge < -0.3 is 20.7 Å². The van der Waals surface area contributed by atoms with Crippen molar-refractivity contribution in [3.63, 3.8) is 0 Å². The predicted molar refractivity (Wildman–Crippen MR) is 178 cm³/mol. The van der Waals surface area contributed by atoms with Crippen molar-refractivity contribution in [2.24, 2.45) is 11.7 Å². The number of carbonyl (C=O) groups excluding carboxylic acids is 4. The minimum absolute atomic E-state index is 0.0842. The molecule has 0 unspecified atom stereocenters. The fourth-order valence-corrected chi connectivity index (χ4v) is 7.89. The SMILES string of the molecule is COc1ccc(CS(=O)(=O)[C@@H]2C[C@@H](C(=O)N[C@H](C(=O)C(F)(F)F)C(C)C)N(C(=O)[C@@H](Cc3cccc(Cl)c3)c3cccnc3C(N)=O)C2)cc1. The van der Waals surface area contributed by atoms with E-state index in [4.69, 9.17) is 22.1 Å². The van der Waals surface area contributed by atoms with Gasteiger partial charge in [0, 0.05) is 17.8 Å². The van der Waals surface area contributed by atoms with E-state index in [2.05, 4.69) is 10.3 Å². The van der Waals surface area contributed by atoms with Crippen molar-refractivity contribution in [2.45, 2.75) is 61.9 Å². The van der Waals surface area contributed by atoms with Gasteiger partial charge in [-0.15, -0.1) is 0 Å². The number of Topliss-reactive ketones (excluding diaryl/α,β-unsaturated/α-hetero) is 1. The standard InChI is InChI=1S/C34H36ClF3N4O7S/c1-19(2)28(30(43)34(36,37)38)41-32(45)27-16-24(50(47,48)18-20-9-11-23(49-3)12-10-20)17-42(27)33(46)26(15-21-6-4-7-22(35)14-21)25-8-5-13-40-29(25)31(39)44/h4-14,19,24,26-28H,15-18H2,1-3H3,(H2,39,44)(H,41,45)/t24-,26+,27+,28+/m1/s1. The van der Waals surface area contributed by atoms with Crippen LogP contribution in [0.4, 0.5) is 13.2 Å². The first-order chi connectivity index (χ1) is 23.4. The van der Waals surface area contributed by atoms with E-state index in [9.17, 15) is 40.8 Å². The number of aromatic nitrogens is 1. The summed E-state index contributed by atoms with van der Waals surface area (Å²) in [5.74, 6) is -7.35. The van der Waals surface area contributed by atoms with E-state index in [0.717, 1.165) is 4.90 Å². The summed E-state index contributed by atoms with van der Waals surface area (Å²) in [6.07, 6.45) is -4.55. The van der Waals surface area contributed by atoms with Crippen LogP contribution in [0, 0.1) is 5.92 Å². The highest BCUT2D eigenvalue weighted by Crippen LogP contribution is 2.33. The molecule has 2 heterocycles. The molecular formula is C34H36ClF3N4O7S. The minimum atomic E-state index is -5.27. The van der Waals surface area contributed by atoms with Crippen molar-refractivity contribution in [2.75, 3.05) is 13.7 Å². The Hall–Kier alpha value is -4.50. The van der Waals surface area contributed by atoms with E-state index in [-0.39, 0.29) is 17.7 Å². The van der Waals surface area contributed by atoms with Gasteiger partial charge in [-0.2, -0.15) is 13.2 Å². The second kappa shape index (κ2) is 15.6. The molecule has 50 heavy (non-hydrogen) atoms. The van der Waals surface area contributed by atoms with Crippen LogP contribution >= 0.6 is 11.6 Å². The second-order valence-electron chi connectivity index (χ2n) is 12.3. The molecule has 1 saturated heterocycles. The maximum absolute atomic E-state index is 14.6. The van der Waals surface area contributed by atoms with Gasteiger partial charge in [-0.25, -0.2) is 8.42 Å². The predicted octanol–water partition coefficient (Wildman–Crippen LogP) is 4.03. The number of amides is 3. The number of methoxy groups -OCH3 is 1. The third kappa shape index (κ3) is 8.99. The average Bonchev–Trinajstić information content (AvgIpc) is 3.52. The van der Waals surface area contributed by atoms with Crippen LogP contribution in [0.2, 0.25) is 5.02 Å². The molecule has 3 aromatic rings. The molecule has 4 atom stereocenters. The van der Waals surface area contributed by atoms with Gasteiger partial charge in [0.25, 0.3) is 11.7 Å². The van der Waals surface area contributed by atoms with Crippen molar-refractivity contribution in [1.29, 1.82) is 0 Å². The number of primary amides is 1. The van der Waals surface area contributed by atoms with Crippen LogP contribution < -0.4 is 15.8 Å². The lowest BCUT2D eigenvalue weighted by Crippen LogP contribution is -2.55. The number of nitrogens with zero attached hydrogens (tertiary/aromatic N) is 2. The Bertz CT molecular complexity index is 1860. The van der Waals surface area contributed by atoms with Gasteiger partial charge in [0.15, 0.2) is 9.84 Å². The van der Waals surface area contributed by atoms with Crippen LogP contribution in [-0.4, -0.2) is 79.0 Å².